The number of pyridine rings is 1. The minimum atomic E-state index is -4.49. The molecular formula is C20H16F3N3S. The van der Waals surface area contributed by atoms with E-state index in [4.69, 9.17) is 0 Å². The highest BCUT2D eigenvalue weighted by atomic mass is 32.2. The normalized spacial score (nSPS) is 19.8. The number of thioether (sulfide) groups is 1. The van der Waals surface area contributed by atoms with E-state index in [0.717, 1.165) is 35.7 Å². The number of halogens is 3. The Labute approximate surface area is 158 Å². The van der Waals surface area contributed by atoms with E-state index in [2.05, 4.69) is 11.1 Å². The SMILES string of the molecule is CSC1=CC=CC(c2c(C#N)c3cc(C(F)(F)F)cnc3n2C2CC2)C=C1. The number of alkyl halides is 3. The number of hydrogen-bond acceptors (Lipinski definition) is 3. The molecule has 1 saturated carbocycles. The third kappa shape index (κ3) is 3.19. The third-order valence-corrected chi connectivity index (χ3v) is 5.57. The maximum absolute atomic E-state index is 13.2. The van der Waals surface area contributed by atoms with Crippen LogP contribution in [0.3, 0.4) is 0 Å². The van der Waals surface area contributed by atoms with Crippen molar-refractivity contribution in [2.45, 2.75) is 31.0 Å². The van der Waals surface area contributed by atoms with Crippen LogP contribution < -0.4 is 0 Å². The van der Waals surface area contributed by atoms with Crippen LogP contribution in [0.5, 0.6) is 0 Å². The van der Waals surface area contributed by atoms with Crippen molar-refractivity contribution in [3.8, 4) is 6.07 Å². The van der Waals surface area contributed by atoms with E-state index < -0.39 is 11.7 Å². The van der Waals surface area contributed by atoms with Crippen LogP contribution in [0, 0.1) is 11.3 Å². The van der Waals surface area contributed by atoms with Gasteiger partial charge in [0, 0.05) is 34.1 Å². The molecule has 2 aliphatic carbocycles. The lowest BCUT2D eigenvalue weighted by Gasteiger charge is -2.14. The molecule has 7 heteroatoms. The third-order valence-electron chi connectivity index (χ3n) is 4.83. The summed E-state index contributed by atoms with van der Waals surface area (Å²) in [6, 6.07) is 3.39. The van der Waals surface area contributed by atoms with Crippen molar-refractivity contribution in [3.63, 3.8) is 0 Å². The highest BCUT2D eigenvalue weighted by Crippen LogP contribution is 2.44. The quantitative estimate of drug-likeness (QED) is 0.677. The highest BCUT2D eigenvalue weighted by Gasteiger charge is 2.35. The summed E-state index contributed by atoms with van der Waals surface area (Å²) in [5, 5.41) is 10.1. The van der Waals surface area contributed by atoms with Crippen molar-refractivity contribution in [2.24, 2.45) is 0 Å². The van der Waals surface area contributed by atoms with E-state index in [1.54, 1.807) is 11.8 Å². The molecule has 0 spiro atoms. The monoisotopic (exact) mass is 387 g/mol. The molecule has 0 saturated heterocycles. The fourth-order valence-corrected chi connectivity index (χ4v) is 3.84. The van der Waals surface area contributed by atoms with Gasteiger partial charge in [0.15, 0.2) is 0 Å². The van der Waals surface area contributed by atoms with Crippen LogP contribution in [-0.4, -0.2) is 15.8 Å². The fraction of sp³-hybridized carbons (Fsp3) is 0.300. The second-order valence-electron chi connectivity index (χ2n) is 6.61. The average Bonchev–Trinajstić information content (AvgIpc) is 3.45. The Kier molecular flexibility index (Phi) is 4.39. The number of rotatable bonds is 3. The molecule has 1 atom stereocenters. The predicted octanol–water partition coefficient (Wildman–Crippen LogP) is 5.72. The number of allylic oxidation sites excluding steroid dienone is 5. The van der Waals surface area contributed by atoms with E-state index in [1.165, 1.54) is 0 Å². The minimum Gasteiger partial charge on any atom is -0.324 e. The number of nitrogens with zero attached hydrogens (tertiary/aromatic N) is 3. The number of fused-ring (bicyclic) bond motifs is 1. The van der Waals surface area contributed by atoms with Crippen molar-refractivity contribution in [2.75, 3.05) is 6.26 Å². The molecule has 2 aromatic heterocycles. The number of hydrogen-bond donors (Lipinski definition) is 0. The van der Waals surface area contributed by atoms with E-state index >= 15 is 0 Å². The summed E-state index contributed by atoms with van der Waals surface area (Å²) < 4.78 is 41.4. The molecule has 0 N–H and O–H groups in total. The van der Waals surface area contributed by atoms with Gasteiger partial charge in [-0.3, -0.25) is 0 Å². The first-order valence-corrected chi connectivity index (χ1v) is 9.78. The average molecular weight is 387 g/mol. The largest absolute Gasteiger partial charge is 0.417 e. The smallest absolute Gasteiger partial charge is 0.324 e. The Morgan fingerprint density at radius 2 is 2.07 bits per heavy atom. The van der Waals surface area contributed by atoms with Crippen LogP contribution in [0.15, 0.2) is 47.5 Å². The standard InChI is InChI=1S/C20H16F3N3S/c1-27-15-4-2-3-12(5-8-15)18-17(10-24)16-9-13(20(21,22)23)11-25-19(16)26(18)14-6-7-14/h2-5,8-9,11-12,14H,6-7H2,1H3. The molecule has 1 unspecified atom stereocenters. The lowest BCUT2D eigenvalue weighted by Crippen LogP contribution is -2.07. The Balaban J connectivity index is 1.95. The summed E-state index contributed by atoms with van der Waals surface area (Å²) in [5.41, 5.74) is 0.637. The van der Waals surface area contributed by atoms with Crippen molar-refractivity contribution in [1.82, 2.24) is 9.55 Å². The van der Waals surface area contributed by atoms with Crippen LogP contribution >= 0.6 is 11.8 Å². The van der Waals surface area contributed by atoms with Crippen LogP contribution in [0.4, 0.5) is 13.2 Å². The van der Waals surface area contributed by atoms with Crippen molar-refractivity contribution in [1.29, 1.82) is 5.26 Å². The van der Waals surface area contributed by atoms with Gasteiger partial charge in [-0.2, -0.15) is 18.4 Å². The van der Waals surface area contributed by atoms with E-state index in [0.29, 0.717) is 5.65 Å². The molecule has 0 radical (unpaired) electrons. The predicted molar refractivity (Wildman–Crippen MR) is 100 cm³/mol. The van der Waals surface area contributed by atoms with Crippen LogP contribution in [0.2, 0.25) is 0 Å². The molecule has 27 heavy (non-hydrogen) atoms. The summed E-state index contributed by atoms with van der Waals surface area (Å²) in [4.78, 5) is 5.20. The fourth-order valence-electron chi connectivity index (χ4n) is 3.41. The molecule has 138 valence electrons. The molecule has 0 bridgehead atoms. The number of nitriles is 1. The van der Waals surface area contributed by atoms with Gasteiger partial charge in [-0.05, 0) is 31.2 Å². The Morgan fingerprint density at radius 1 is 1.30 bits per heavy atom. The molecule has 0 amide bonds. The van der Waals surface area contributed by atoms with Gasteiger partial charge in [-0.25, -0.2) is 4.98 Å². The van der Waals surface area contributed by atoms with Gasteiger partial charge >= 0.3 is 6.18 Å². The van der Waals surface area contributed by atoms with Gasteiger partial charge in [-0.1, -0.05) is 24.3 Å². The van der Waals surface area contributed by atoms with Crippen molar-refractivity contribution >= 4 is 22.8 Å². The van der Waals surface area contributed by atoms with E-state index in [-0.39, 0.29) is 22.9 Å². The molecule has 2 aliphatic rings. The zero-order valence-electron chi connectivity index (χ0n) is 14.5. The molecule has 2 aromatic rings. The zero-order valence-corrected chi connectivity index (χ0v) is 15.3. The topological polar surface area (TPSA) is 41.6 Å². The first-order valence-electron chi connectivity index (χ1n) is 8.56. The highest BCUT2D eigenvalue weighted by molar-refractivity contribution is 8.02. The maximum atomic E-state index is 13.2. The summed E-state index contributed by atoms with van der Waals surface area (Å²) >= 11 is 1.61. The second kappa shape index (κ2) is 6.61. The summed E-state index contributed by atoms with van der Waals surface area (Å²) in [7, 11) is 0. The van der Waals surface area contributed by atoms with Gasteiger partial charge < -0.3 is 4.57 Å². The zero-order chi connectivity index (χ0) is 19.2. The van der Waals surface area contributed by atoms with Gasteiger partial charge in [0.05, 0.1) is 11.1 Å². The molecule has 0 aromatic carbocycles. The summed E-state index contributed by atoms with van der Waals surface area (Å²) in [5.74, 6) is -0.190. The summed E-state index contributed by atoms with van der Waals surface area (Å²) in [6.07, 6.45) is 10.1. The molecule has 3 nitrogen and oxygen atoms in total. The van der Waals surface area contributed by atoms with Gasteiger partial charge in [0.25, 0.3) is 0 Å². The van der Waals surface area contributed by atoms with E-state index in [9.17, 15) is 18.4 Å². The Bertz CT molecular complexity index is 1030. The van der Waals surface area contributed by atoms with Crippen LogP contribution in [-0.2, 0) is 6.18 Å². The van der Waals surface area contributed by atoms with Gasteiger partial charge in [0.1, 0.15) is 11.7 Å². The first-order chi connectivity index (χ1) is 12.9. The molecule has 2 heterocycles. The molecule has 0 aliphatic heterocycles. The van der Waals surface area contributed by atoms with Gasteiger partial charge in [0.2, 0.25) is 0 Å². The van der Waals surface area contributed by atoms with Gasteiger partial charge in [-0.15, -0.1) is 11.8 Å². The van der Waals surface area contributed by atoms with E-state index in [1.807, 2.05) is 41.2 Å². The maximum Gasteiger partial charge on any atom is 0.417 e. The lowest BCUT2D eigenvalue weighted by molar-refractivity contribution is -0.137. The Hall–Kier alpha value is -2.46. The molecule has 1 fully saturated rings. The first kappa shape index (κ1) is 17.9. The van der Waals surface area contributed by atoms with Crippen LogP contribution in [0.1, 0.15) is 41.6 Å². The molecular weight excluding hydrogens is 371 g/mol. The van der Waals surface area contributed by atoms with Crippen LogP contribution in [0.25, 0.3) is 11.0 Å². The van der Waals surface area contributed by atoms with Crippen molar-refractivity contribution in [3.05, 3.63) is 64.4 Å². The molecule has 4 rings (SSSR count). The second-order valence-corrected chi connectivity index (χ2v) is 7.49. The summed E-state index contributed by atoms with van der Waals surface area (Å²) in [6.45, 7) is 0. The number of aromatic nitrogens is 2. The Morgan fingerprint density at radius 3 is 2.70 bits per heavy atom. The minimum absolute atomic E-state index is 0.187. The lowest BCUT2D eigenvalue weighted by atomic mass is 9.99. The van der Waals surface area contributed by atoms with Crippen molar-refractivity contribution < 1.29 is 13.2 Å².